The summed E-state index contributed by atoms with van der Waals surface area (Å²) in [5.41, 5.74) is 1.28. The average Bonchev–Trinajstić information content (AvgIpc) is 2.65. The molecule has 0 heterocycles. The summed E-state index contributed by atoms with van der Waals surface area (Å²) < 4.78 is 4.97. The highest BCUT2D eigenvalue weighted by Crippen LogP contribution is 2.24. The van der Waals surface area contributed by atoms with E-state index in [2.05, 4.69) is 10.6 Å². The second-order valence-corrected chi connectivity index (χ2v) is 7.68. The van der Waals surface area contributed by atoms with E-state index in [-0.39, 0.29) is 6.04 Å². The Bertz CT molecular complexity index is 840. The number of urea groups is 1. The fourth-order valence-electron chi connectivity index (χ4n) is 2.16. The van der Waals surface area contributed by atoms with E-state index in [4.69, 9.17) is 16.3 Å². The number of carbonyl (C=O) groups is 3. The molecule has 3 amide bonds. The molecule has 2 N–H and O–H groups in total. The summed E-state index contributed by atoms with van der Waals surface area (Å²) in [6, 6.07) is 13.8. The Morgan fingerprint density at radius 2 is 1.82 bits per heavy atom. The molecule has 0 saturated heterocycles. The van der Waals surface area contributed by atoms with E-state index < -0.39 is 24.5 Å². The zero-order chi connectivity index (χ0) is 20.5. The van der Waals surface area contributed by atoms with Crippen molar-refractivity contribution < 1.29 is 19.1 Å². The van der Waals surface area contributed by atoms with E-state index in [0.29, 0.717) is 16.3 Å². The van der Waals surface area contributed by atoms with Gasteiger partial charge in [-0.1, -0.05) is 23.7 Å². The minimum atomic E-state index is -0.694. The van der Waals surface area contributed by atoms with Gasteiger partial charge in [-0.05, 0) is 55.8 Å². The van der Waals surface area contributed by atoms with Gasteiger partial charge in [0, 0.05) is 21.7 Å². The number of amides is 3. The topological polar surface area (TPSA) is 84.5 Å². The Kier molecular flexibility index (Phi) is 8.35. The van der Waals surface area contributed by atoms with Gasteiger partial charge in [-0.25, -0.2) is 9.59 Å². The molecule has 0 aliphatic rings. The molecule has 2 rings (SSSR count). The predicted octanol–water partition coefficient (Wildman–Crippen LogP) is 4.02. The third-order valence-corrected chi connectivity index (χ3v) is 4.72. The van der Waals surface area contributed by atoms with E-state index in [1.54, 1.807) is 43.8 Å². The summed E-state index contributed by atoms with van der Waals surface area (Å²) >= 11 is 7.49. The number of benzene rings is 2. The molecule has 0 aliphatic heterocycles. The Labute approximate surface area is 173 Å². The number of esters is 1. The first-order valence-electron chi connectivity index (χ1n) is 8.58. The molecule has 0 aliphatic carbocycles. The molecule has 28 heavy (non-hydrogen) atoms. The van der Waals surface area contributed by atoms with E-state index in [9.17, 15) is 14.4 Å². The summed E-state index contributed by atoms with van der Waals surface area (Å²) in [6.45, 7) is 3.00. The summed E-state index contributed by atoms with van der Waals surface area (Å²) in [6.07, 6.45) is 0. The van der Waals surface area contributed by atoms with Crippen molar-refractivity contribution in [3.8, 4) is 0 Å². The highest BCUT2D eigenvalue weighted by molar-refractivity contribution is 7.98. The molecule has 2 aromatic carbocycles. The van der Waals surface area contributed by atoms with Crippen molar-refractivity contribution in [2.24, 2.45) is 0 Å². The lowest BCUT2D eigenvalue weighted by atomic mass is 10.1. The SMILES string of the molecule is CC(C)NC(=O)NC(=O)COC(=O)c1cccc(CSc2ccc(Cl)cc2)c1. The second-order valence-electron chi connectivity index (χ2n) is 6.20. The van der Waals surface area contributed by atoms with Crippen molar-refractivity contribution >= 4 is 41.3 Å². The monoisotopic (exact) mass is 420 g/mol. The van der Waals surface area contributed by atoms with Gasteiger partial charge >= 0.3 is 12.0 Å². The lowest BCUT2D eigenvalue weighted by Gasteiger charge is -2.10. The Morgan fingerprint density at radius 1 is 1.11 bits per heavy atom. The summed E-state index contributed by atoms with van der Waals surface area (Å²) in [5.74, 6) is -0.655. The lowest BCUT2D eigenvalue weighted by molar-refractivity contribution is -0.123. The number of ether oxygens (including phenoxy) is 1. The number of hydrogen-bond donors (Lipinski definition) is 2. The third-order valence-electron chi connectivity index (χ3n) is 3.39. The van der Waals surface area contributed by atoms with Gasteiger partial charge in [0.05, 0.1) is 5.56 Å². The van der Waals surface area contributed by atoms with Gasteiger partial charge in [0.25, 0.3) is 5.91 Å². The van der Waals surface area contributed by atoms with Gasteiger partial charge in [0.15, 0.2) is 6.61 Å². The predicted molar refractivity (Wildman–Crippen MR) is 110 cm³/mol. The smallest absolute Gasteiger partial charge is 0.338 e. The fourth-order valence-corrected chi connectivity index (χ4v) is 3.13. The molecule has 0 radical (unpaired) electrons. The zero-order valence-corrected chi connectivity index (χ0v) is 17.1. The first kappa shape index (κ1) is 21.8. The minimum absolute atomic E-state index is 0.108. The van der Waals surface area contributed by atoms with E-state index in [1.165, 1.54) is 0 Å². The molecule has 0 fully saturated rings. The molecule has 8 heteroatoms. The molecule has 2 aromatic rings. The van der Waals surface area contributed by atoms with Crippen LogP contribution in [0.2, 0.25) is 5.02 Å². The molecular formula is C20H21ClN2O4S. The van der Waals surface area contributed by atoms with Crippen LogP contribution >= 0.6 is 23.4 Å². The van der Waals surface area contributed by atoms with E-state index in [1.807, 2.05) is 30.3 Å². The van der Waals surface area contributed by atoms with Gasteiger partial charge in [0.2, 0.25) is 0 Å². The summed E-state index contributed by atoms with van der Waals surface area (Å²) in [5, 5.41) is 5.28. The maximum absolute atomic E-state index is 12.2. The molecule has 0 bridgehead atoms. The highest BCUT2D eigenvalue weighted by Gasteiger charge is 2.13. The van der Waals surface area contributed by atoms with Crippen LogP contribution < -0.4 is 10.6 Å². The first-order valence-corrected chi connectivity index (χ1v) is 9.94. The van der Waals surface area contributed by atoms with Gasteiger partial charge in [-0.15, -0.1) is 11.8 Å². The van der Waals surface area contributed by atoms with Gasteiger partial charge in [0.1, 0.15) is 0 Å². The largest absolute Gasteiger partial charge is 0.452 e. The molecular weight excluding hydrogens is 400 g/mol. The van der Waals surface area contributed by atoms with Crippen molar-refractivity contribution in [2.75, 3.05) is 6.61 Å². The normalized spacial score (nSPS) is 10.4. The van der Waals surface area contributed by atoms with Gasteiger partial charge in [-0.3, -0.25) is 10.1 Å². The maximum atomic E-state index is 12.2. The summed E-state index contributed by atoms with van der Waals surface area (Å²) in [7, 11) is 0. The highest BCUT2D eigenvalue weighted by atomic mass is 35.5. The maximum Gasteiger partial charge on any atom is 0.338 e. The fraction of sp³-hybridized carbons (Fsp3) is 0.250. The molecule has 0 spiro atoms. The Balaban J connectivity index is 1.84. The van der Waals surface area contributed by atoms with Crippen LogP contribution in [0.25, 0.3) is 0 Å². The van der Waals surface area contributed by atoms with Gasteiger partial charge in [-0.2, -0.15) is 0 Å². The second kappa shape index (κ2) is 10.7. The summed E-state index contributed by atoms with van der Waals surface area (Å²) in [4.78, 5) is 36.3. The Morgan fingerprint density at radius 3 is 2.50 bits per heavy atom. The number of rotatable bonds is 7. The van der Waals surface area contributed by atoms with Crippen LogP contribution in [0.4, 0.5) is 4.79 Å². The van der Waals surface area contributed by atoms with Crippen molar-refractivity contribution in [2.45, 2.75) is 30.5 Å². The molecule has 148 valence electrons. The van der Waals surface area contributed by atoms with Crippen LogP contribution in [-0.4, -0.2) is 30.6 Å². The van der Waals surface area contributed by atoms with Gasteiger partial charge < -0.3 is 10.1 Å². The van der Waals surface area contributed by atoms with Crippen LogP contribution in [0, 0.1) is 0 Å². The third kappa shape index (κ3) is 7.62. The zero-order valence-electron chi connectivity index (χ0n) is 15.5. The van der Waals surface area contributed by atoms with Crippen molar-refractivity contribution in [1.29, 1.82) is 0 Å². The number of nitrogens with one attached hydrogen (secondary N) is 2. The van der Waals surface area contributed by atoms with Crippen molar-refractivity contribution in [3.05, 3.63) is 64.7 Å². The number of halogens is 1. The van der Waals surface area contributed by atoms with E-state index in [0.717, 1.165) is 10.5 Å². The minimum Gasteiger partial charge on any atom is -0.452 e. The molecule has 0 unspecified atom stereocenters. The molecule has 0 atom stereocenters. The molecule has 0 aromatic heterocycles. The lowest BCUT2D eigenvalue weighted by Crippen LogP contribution is -2.44. The van der Waals surface area contributed by atoms with Crippen LogP contribution in [0.15, 0.2) is 53.4 Å². The van der Waals surface area contributed by atoms with Crippen LogP contribution in [-0.2, 0) is 15.3 Å². The molecule has 6 nitrogen and oxygen atoms in total. The van der Waals surface area contributed by atoms with Crippen molar-refractivity contribution in [1.82, 2.24) is 10.6 Å². The Hall–Kier alpha value is -2.51. The number of thioether (sulfide) groups is 1. The number of carbonyl (C=O) groups excluding carboxylic acids is 3. The van der Waals surface area contributed by atoms with Crippen LogP contribution in [0.3, 0.4) is 0 Å². The van der Waals surface area contributed by atoms with E-state index >= 15 is 0 Å². The number of hydrogen-bond acceptors (Lipinski definition) is 5. The van der Waals surface area contributed by atoms with Crippen LogP contribution in [0.1, 0.15) is 29.8 Å². The molecule has 0 saturated carbocycles. The van der Waals surface area contributed by atoms with Crippen LogP contribution in [0.5, 0.6) is 0 Å². The average molecular weight is 421 g/mol. The standard InChI is InChI=1S/C20H21ClN2O4S/c1-13(2)22-20(26)23-18(24)11-27-19(25)15-5-3-4-14(10-15)12-28-17-8-6-16(21)7-9-17/h3-10,13H,11-12H2,1-2H3,(H2,22,23,24,26). The van der Waals surface area contributed by atoms with Crippen molar-refractivity contribution in [3.63, 3.8) is 0 Å². The number of imide groups is 1. The first-order chi connectivity index (χ1) is 13.3. The quantitative estimate of drug-likeness (QED) is 0.522.